The highest BCUT2D eigenvalue weighted by atomic mass is 15.1. The number of nitrogens with zero attached hydrogens (tertiary/aromatic N) is 1. The fraction of sp³-hybridized carbons (Fsp3) is 0.667. The Morgan fingerprint density at radius 2 is 2.00 bits per heavy atom. The third kappa shape index (κ3) is 3.62. The highest BCUT2D eigenvalue weighted by molar-refractivity contribution is 5.32. The Balaban J connectivity index is 2.26. The quantitative estimate of drug-likeness (QED) is 0.901. The molecule has 1 saturated heterocycles. The van der Waals surface area contributed by atoms with Crippen molar-refractivity contribution in [2.24, 2.45) is 5.92 Å². The second-order valence-corrected chi connectivity index (χ2v) is 6.33. The Kier molecular flexibility index (Phi) is 5.62. The van der Waals surface area contributed by atoms with Crippen molar-refractivity contribution in [3.8, 4) is 0 Å². The van der Waals surface area contributed by atoms with Crippen molar-refractivity contribution in [2.45, 2.75) is 46.1 Å². The average Bonchev–Trinajstić information content (AvgIpc) is 2.61. The largest absolute Gasteiger partial charge is 0.317 e. The third-order valence-corrected chi connectivity index (χ3v) is 4.79. The topological polar surface area (TPSA) is 15.3 Å². The van der Waals surface area contributed by atoms with Gasteiger partial charge in [0.25, 0.3) is 0 Å². The van der Waals surface area contributed by atoms with Crippen LogP contribution in [0.15, 0.2) is 18.2 Å². The van der Waals surface area contributed by atoms with E-state index in [2.05, 4.69) is 56.2 Å². The van der Waals surface area contributed by atoms with Gasteiger partial charge in [-0.15, -0.1) is 0 Å². The molecule has 2 heteroatoms. The van der Waals surface area contributed by atoms with Crippen LogP contribution >= 0.6 is 0 Å². The summed E-state index contributed by atoms with van der Waals surface area (Å²) in [4.78, 5) is 2.57. The zero-order chi connectivity index (χ0) is 14.5. The van der Waals surface area contributed by atoms with E-state index in [0.29, 0.717) is 6.04 Å². The lowest BCUT2D eigenvalue weighted by Crippen LogP contribution is -2.35. The smallest absolute Gasteiger partial charge is 0.0385 e. The highest BCUT2D eigenvalue weighted by Gasteiger charge is 2.28. The number of nitrogens with one attached hydrogen (secondary N) is 1. The van der Waals surface area contributed by atoms with Gasteiger partial charge in [0, 0.05) is 6.04 Å². The molecule has 2 rings (SSSR count). The van der Waals surface area contributed by atoms with Gasteiger partial charge in [0.05, 0.1) is 0 Å². The lowest BCUT2D eigenvalue weighted by atomic mass is 9.88. The molecule has 0 amide bonds. The number of hydrogen-bond donors (Lipinski definition) is 1. The van der Waals surface area contributed by atoms with E-state index in [-0.39, 0.29) is 0 Å². The molecule has 0 radical (unpaired) electrons. The predicted molar refractivity (Wildman–Crippen MR) is 87.2 cm³/mol. The molecule has 1 aliphatic rings. The third-order valence-electron chi connectivity index (χ3n) is 4.79. The Morgan fingerprint density at radius 3 is 2.70 bits per heavy atom. The molecule has 1 heterocycles. The van der Waals surface area contributed by atoms with Gasteiger partial charge in [-0.2, -0.15) is 0 Å². The fourth-order valence-corrected chi connectivity index (χ4v) is 3.44. The van der Waals surface area contributed by atoms with Crippen LogP contribution in [0.3, 0.4) is 0 Å². The van der Waals surface area contributed by atoms with E-state index >= 15 is 0 Å². The predicted octanol–water partition coefficient (Wildman–Crippen LogP) is 3.69. The van der Waals surface area contributed by atoms with Crippen LogP contribution in [0.2, 0.25) is 0 Å². The van der Waals surface area contributed by atoms with Gasteiger partial charge in [0.15, 0.2) is 0 Å². The summed E-state index contributed by atoms with van der Waals surface area (Å²) in [6, 6.07) is 7.60. The first-order chi connectivity index (χ1) is 9.63. The maximum Gasteiger partial charge on any atom is 0.0385 e. The van der Waals surface area contributed by atoms with Crippen LogP contribution < -0.4 is 5.32 Å². The van der Waals surface area contributed by atoms with Gasteiger partial charge in [-0.1, -0.05) is 31.5 Å². The Hall–Kier alpha value is -0.860. The summed E-state index contributed by atoms with van der Waals surface area (Å²) in [5.74, 6) is 0.726. The van der Waals surface area contributed by atoms with Crippen molar-refractivity contribution < 1.29 is 0 Å². The van der Waals surface area contributed by atoms with Crippen molar-refractivity contribution >= 4 is 0 Å². The van der Waals surface area contributed by atoms with Crippen molar-refractivity contribution in [2.75, 3.05) is 26.7 Å². The second kappa shape index (κ2) is 7.24. The summed E-state index contributed by atoms with van der Waals surface area (Å²) in [5.41, 5.74) is 4.32. The summed E-state index contributed by atoms with van der Waals surface area (Å²) in [6.07, 6.45) is 4.04. The molecule has 20 heavy (non-hydrogen) atoms. The Bertz CT molecular complexity index is 427. The summed E-state index contributed by atoms with van der Waals surface area (Å²) in [5, 5.41) is 3.57. The molecule has 2 unspecified atom stereocenters. The van der Waals surface area contributed by atoms with Crippen molar-refractivity contribution in [3.05, 3.63) is 34.9 Å². The molecular formula is C18H30N2. The van der Waals surface area contributed by atoms with Crippen LogP contribution in [-0.2, 0) is 0 Å². The fourth-order valence-electron chi connectivity index (χ4n) is 3.44. The molecule has 2 atom stereocenters. The van der Waals surface area contributed by atoms with Crippen LogP contribution in [0.5, 0.6) is 0 Å². The van der Waals surface area contributed by atoms with Crippen LogP contribution in [0.25, 0.3) is 0 Å². The first-order valence-corrected chi connectivity index (χ1v) is 8.11. The molecular weight excluding hydrogens is 244 g/mol. The molecule has 1 aromatic carbocycles. The van der Waals surface area contributed by atoms with Crippen LogP contribution in [0.1, 0.15) is 48.9 Å². The molecule has 1 fully saturated rings. The van der Waals surface area contributed by atoms with Crippen LogP contribution in [0.4, 0.5) is 0 Å². The molecule has 0 spiro atoms. The number of benzene rings is 1. The van der Waals surface area contributed by atoms with E-state index in [4.69, 9.17) is 0 Å². The van der Waals surface area contributed by atoms with Crippen LogP contribution in [-0.4, -0.2) is 31.6 Å². The molecule has 0 bridgehead atoms. The maximum absolute atomic E-state index is 3.57. The normalized spacial score (nSPS) is 24.6. The first kappa shape index (κ1) is 15.5. The zero-order valence-electron chi connectivity index (χ0n) is 13.6. The van der Waals surface area contributed by atoms with E-state index in [0.717, 1.165) is 19.0 Å². The molecule has 0 saturated carbocycles. The summed E-state index contributed by atoms with van der Waals surface area (Å²) in [7, 11) is 2.30. The van der Waals surface area contributed by atoms with E-state index in [1.54, 1.807) is 0 Å². The summed E-state index contributed by atoms with van der Waals surface area (Å²) < 4.78 is 0. The monoisotopic (exact) mass is 274 g/mol. The number of rotatable bonds is 4. The highest BCUT2D eigenvalue weighted by Crippen LogP contribution is 2.34. The second-order valence-electron chi connectivity index (χ2n) is 6.33. The van der Waals surface area contributed by atoms with Gasteiger partial charge in [0.2, 0.25) is 0 Å². The molecule has 112 valence electrons. The molecule has 1 aromatic rings. The number of likely N-dealkylation sites (tertiary alicyclic amines) is 1. The minimum atomic E-state index is 0.566. The van der Waals surface area contributed by atoms with Crippen molar-refractivity contribution in [3.63, 3.8) is 0 Å². The van der Waals surface area contributed by atoms with Gasteiger partial charge in [0.1, 0.15) is 0 Å². The summed E-state index contributed by atoms with van der Waals surface area (Å²) in [6.45, 7) is 10.1. The molecule has 2 nitrogen and oxygen atoms in total. The minimum Gasteiger partial charge on any atom is -0.317 e. The molecule has 0 aromatic heterocycles. The standard InChI is InChI=1S/C18H30N2/c1-5-19-13-17-8-6-7-11-20(4)18(17)16-10-9-14(2)15(3)12-16/h9-10,12,17-19H,5-8,11,13H2,1-4H3. The zero-order valence-corrected chi connectivity index (χ0v) is 13.6. The van der Waals surface area contributed by atoms with Gasteiger partial charge >= 0.3 is 0 Å². The minimum absolute atomic E-state index is 0.566. The SMILES string of the molecule is CCNCC1CCCCN(C)C1c1ccc(C)c(C)c1. The van der Waals surface area contributed by atoms with E-state index < -0.39 is 0 Å². The first-order valence-electron chi connectivity index (χ1n) is 8.11. The molecule has 1 N–H and O–H groups in total. The Labute approximate surface area is 124 Å². The van der Waals surface area contributed by atoms with Gasteiger partial charge in [-0.05, 0) is 76.0 Å². The van der Waals surface area contributed by atoms with Crippen molar-refractivity contribution in [1.29, 1.82) is 0 Å². The molecule has 0 aliphatic carbocycles. The van der Waals surface area contributed by atoms with E-state index in [9.17, 15) is 0 Å². The lowest BCUT2D eigenvalue weighted by molar-refractivity contribution is 0.189. The lowest BCUT2D eigenvalue weighted by Gasteiger charge is -2.33. The van der Waals surface area contributed by atoms with E-state index in [1.807, 2.05) is 0 Å². The van der Waals surface area contributed by atoms with Crippen LogP contribution in [0, 0.1) is 19.8 Å². The average molecular weight is 274 g/mol. The van der Waals surface area contributed by atoms with E-state index in [1.165, 1.54) is 42.5 Å². The van der Waals surface area contributed by atoms with Gasteiger partial charge in [-0.3, -0.25) is 4.90 Å². The van der Waals surface area contributed by atoms with Gasteiger partial charge < -0.3 is 5.32 Å². The summed E-state index contributed by atoms with van der Waals surface area (Å²) >= 11 is 0. The Morgan fingerprint density at radius 1 is 1.20 bits per heavy atom. The maximum atomic E-state index is 3.57. The molecule has 1 aliphatic heterocycles. The van der Waals surface area contributed by atoms with Gasteiger partial charge in [-0.25, -0.2) is 0 Å². The van der Waals surface area contributed by atoms with Crippen molar-refractivity contribution in [1.82, 2.24) is 10.2 Å². The number of aryl methyl sites for hydroxylation is 2. The number of hydrogen-bond acceptors (Lipinski definition) is 2.